The van der Waals surface area contributed by atoms with Gasteiger partial charge in [0, 0.05) is 31.0 Å². The molecule has 0 aromatic rings. The zero-order chi connectivity index (χ0) is 19.0. The molecule has 27 heavy (non-hydrogen) atoms. The Bertz CT molecular complexity index is 678. The van der Waals surface area contributed by atoms with E-state index in [-0.39, 0.29) is 22.9 Å². The highest BCUT2D eigenvalue weighted by Crippen LogP contribution is 2.68. The highest BCUT2D eigenvalue weighted by Gasteiger charge is 2.68. The number of carbonyl (C=O) groups is 1. The maximum atomic E-state index is 13.4. The predicted molar refractivity (Wildman–Crippen MR) is 102 cm³/mol. The van der Waals surface area contributed by atoms with E-state index < -0.39 is 5.79 Å². The fraction of sp³-hybridized carbons (Fsp3) is 0.870. The minimum atomic E-state index is -0.519. The second-order valence-corrected chi connectivity index (χ2v) is 9.91. The molecule has 4 nitrogen and oxygen atoms in total. The van der Waals surface area contributed by atoms with Crippen LogP contribution in [-0.4, -0.2) is 37.0 Å². The van der Waals surface area contributed by atoms with E-state index in [9.17, 15) is 4.79 Å². The first-order valence-electron chi connectivity index (χ1n) is 11.1. The van der Waals surface area contributed by atoms with Crippen LogP contribution in [0.15, 0.2) is 11.6 Å². The predicted octanol–water partition coefficient (Wildman–Crippen LogP) is 4.27. The fourth-order valence-electron chi connectivity index (χ4n) is 7.64. The number of hydrogen-bond donors (Lipinski definition) is 0. The quantitative estimate of drug-likeness (QED) is 0.544. The van der Waals surface area contributed by atoms with Crippen molar-refractivity contribution >= 4 is 5.78 Å². The van der Waals surface area contributed by atoms with Crippen molar-refractivity contribution in [1.82, 2.24) is 0 Å². The standard InChI is InChI=1S/C23H34O4/c1-5-25-23(26-6-2)12-8-15-19-14(7-11-22(15,23)4)21(3)10-9-18-20(27-18)16(21)13-17(19)24/h13-15,18-20H,5-12H2,1-4H3/t14-,15+,18?,19-,20?,21-,22+/m1/s1. The van der Waals surface area contributed by atoms with Crippen LogP contribution in [0.25, 0.3) is 0 Å². The van der Waals surface area contributed by atoms with Crippen molar-refractivity contribution in [3.8, 4) is 0 Å². The Balaban J connectivity index is 1.53. The Morgan fingerprint density at radius 2 is 1.74 bits per heavy atom. The van der Waals surface area contributed by atoms with Crippen LogP contribution in [0.2, 0.25) is 0 Å². The molecule has 4 heteroatoms. The number of allylic oxidation sites excluding steroid dienone is 1. The van der Waals surface area contributed by atoms with Gasteiger partial charge in [0.05, 0.1) is 6.10 Å². The zero-order valence-electron chi connectivity index (χ0n) is 17.3. The van der Waals surface area contributed by atoms with Crippen LogP contribution in [0.3, 0.4) is 0 Å². The number of fused-ring (bicyclic) bond motifs is 7. The molecule has 1 heterocycles. The van der Waals surface area contributed by atoms with E-state index in [2.05, 4.69) is 27.7 Å². The molecule has 1 saturated heterocycles. The molecule has 5 aliphatic rings. The van der Waals surface area contributed by atoms with Gasteiger partial charge in [0.25, 0.3) is 0 Å². The van der Waals surface area contributed by atoms with Crippen LogP contribution in [-0.2, 0) is 19.0 Å². The smallest absolute Gasteiger partial charge is 0.173 e. The third kappa shape index (κ3) is 2.24. The third-order valence-electron chi connectivity index (χ3n) is 9.01. The first-order chi connectivity index (χ1) is 12.9. The molecule has 0 amide bonds. The highest BCUT2D eigenvalue weighted by molar-refractivity contribution is 5.95. The lowest BCUT2D eigenvalue weighted by atomic mass is 9.47. The summed E-state index contributed by atoms with van der Waals surface area (Å²) in [5, 5.41) is 0. The molecule has 4 aliphatic carbocycles. The van der Waals surface area contributed by atoms with E-state index in [1.807, 2.05) is 6.08 Å². The lowest BCUT2D eigenvalue weighted by molar-refractivity contribution is -0.296. The van der Waals surface area contributed by atoms with Crippen molar-refractivity contribution in [2.45, 2.75) is 84.2 Å². The van der Waals surface area contributed by atoms with E-state index in [4.69, 9.17) is 14.2 Å². The van der Waals surface area contributed by atoms with E-state index in [1.165, 1.54) is 12.0 Å². The number of hydrogen-bond acceptors (Lipinski definition) is 4. The Labute approximate surface area is 163 Å². The Morgan fingerprint density at radius 1 is 1.04 bits per heavy atom. The third-order valence-corrected chi connectivity index (χ3v) is 9.01. The van der Waals surface area contributed by atoms with Crippen molar-refractivity contribution in [3.05, 3.63) is 11.6 Å². The van der Waals surface area contributed by atoms with Gasteiger partial charge in [0.2, 0.25) is 0 Å². The highest BCUT2D eigenvalue weighted by atomic mass is 16.7. The minimum absolute atomic E-state index is 0.0785. The summed E-state index contributed by atoms with van der Waals surface area (Å²) in [5.41, 5.74) is 1.37. The molecule has 4 fully saturated rings. The maximum absolute atomic E-state index is 13.4. The van der Waals surface area contributed by atoms with E-state index >= 15 is 0 Å². The Kier molecular flexibility index (Phi) is 4.00. The molecule has 1 aliphatic heterocycles. The van der Waals surface area contributed by atoms with Crippen LogP contribution >= 0.6 is 0 Å². The average molecular weight is 375 g/mol. The molecule has 0 aromatic heterocycles. The van der Waals surface area contributed by atoms with Crippen molar-refractivity contribution in [2.75, 3.05) is 13.2 Å². The zero-order valence-corrected chi connectivity index (χ0v) is 17.3. The fourth-order valence-corrected chi connectivity index (χ4v) is 7.64. The molecular formula is C23H34O4. The van der Waals surface area contributed by atoms with E-state index in [1.54, 1.807) is 0 Å². The summed E-state index contributed by atoms with van der Waals surface area (Å²) < 4.78 is 18.5. The summed E-state index contributed by atoms with van der Waals surface area (Å²) in [4.78, 5) is 13.4. The van der Waals surface area contributed by atoms with Crippen LogP contribution in [0.4, 0.5) is 0 Å². The topological polar surface area (TPSA) is 48.1 Å². The SMILES string of the molecule is CCOC1(OCC)CC[C@H]2[C@@H]3C(=O)C=C4C5OC5CC[C@]4(C)[C@@H]3CC[C@@]21C. The normalized spacial score (nSPS) is 49.6. The molecule has 150 valence electrons. The van der Waals surface area contributed by atoms with Gasteiger partial charge in [-0.05, 0) is 74.9 Å². The minimum Gasteiger partial charge on any atom is -0.365 e. The van der Waals surface area contributed by atoms with Crippen LogP contribution in [0.1, 0.15) is 66.2 Å². The average Bonchev–Trinajstić information content (AvgIpc) is 3.36. The van der Waals surface area contributed by atoms with Gasteiger partial charge >= 0.3 is 0 Å². The van der Waals surface area contributed by atoms with Crippen molar-refractivity contribution in [1.29, 1.82) is 0 Å². The number of carbonyl (C=O) groups excluding carboxylic acids is 1. The first-order valence-corrected chi connectivity index (χ1v) is 11.1. The number of rotatable bonds is 4. The molecule has 0 spiro atoms. The summed E-state index contributed by atoms with van der Waals surface area (Å²) in [6.07, 6.45) is 9.06. The van der Waals surface area contributed by atoms with Gasteiger partial charge in [-0.3, -0.25) is 4.79 Å². The molecule has 3 saturated carbocycles. The summed E-state index contributed by atoms with van der Waals surface area (Å²) in [6, 6.07) is 0. The molecule has 2 unspecified atom stereocenters. The van der Waals surface area contributed by atoms with Gasteiger partial charge in [-0.2, -0.15) is 0 Å². The van der Waals surface area contributed by atoms with Crippen molar-refractivity contribution in [3.63, 3.8) is 0 Å². The lowest BCUT2D eigenvalue weighted by Crippen LogP contribution is -2.58. The van der Waals surface area contributed by atoms with Gasteiger partial charge in [-0.1, -0.05) is 13.8 Å². The number of ether oxygens (including phenoxy) is 3. The van der Waals surface area contributed by atoms with E-state index in [0.717, 1.165) is 32.1 Å². The van der Waals surface area contributed by atoms with Gasteiger partial charge < -0.3 is 14.2 Å². The van der Waals surface area contributed by atoms with Crippen molar-refractivity contribution < 1.29 is 19.0 Å². The lowest BCUT2D eigenvalue weighted by Gasteiger charge is -2.57. The van der Waals surface area contributed by atoms with Crippen LogP contribution < -0.4 is 0 Å². The summed E-state index contributed by atoms with van der Waals surface area (Å²) in [5.74, 6) is 0.759. The van der Waals surface area contributed by atoms with Crippen LogP contribution in [0.5, 0.6) is 0 Å². The van der Waals surface area contributed by atoms with Gasteiger partial charge in [-0.25, -0.2) is 0 Å². The summed E-state index contributed by atoms with van der Waals surface area (Å²) in [6.45, 7) is 10.2. The maximum Gasteiger partial charge on any atom is 0.173 e. The number of ketones is 1. The van der Waals surface area contributed by atoms with Gasteiger partial charge in [0.15, 0.2) is 11.6 Å². The number of epoxide rings is 1. The monoisotopic (exact) mass is 374 g/mol. The molecule has 0 aromatic carbocycles. The van der Waals surface area contributed by atoms with Crippen LogP contribution in [0, 0.1) is 28.6 Å². The Morgan fingerprint density at radius 3 is 2.44 bits per heavy atom. The summed E-state index contributed by atoms with van der Waals surface area (Å²) in [7, 11) is 0. The van der Waals surface area contributed by atoms with Crippen molar-refractivity contribution in [2.24, 2.45) is 28.6 Å². The molecular weight excluding hydrogens is 340 g/mol. The van der Waals surface area contributed by atoms with Gasteiger partial charge in [-0.15, -0.1) is 0 Å². The second-order valence-electron chi connectivity index (χ2n) is 9.91. The van der Waals surface area contributed by atoms with E-state index in [0.29, 0.717) is 36.9 Å². The molecule has 0 bridgehead atoms. The molecule has 0 N–H and O–H groups in total. The van der Waals surface area contributed by atoms with Gasteiger partial charge in [0.1, 0.15) is 6.10 Å². The molecule has 7 atom stereocenters. The molecule has 5 rings (SSSR count). The largest absolute Gasteiger partial charge is 0.365 e. The summed E-state index contributed by atoms with van der Waals surface area (Å²) >= 11 is 0. The molecule has 0 radical (unpaired) electrons. The first kappa shape index (κ1) is 18.3. The Hall–Kier alpha value is -0.710. The second kappa shape index (κ2) is 5.90.